The van der Waals surface area contributed by atoms with E-state index >= 15 is 0 Å². The summed E-state index contributed by atoms with van der Waals surface area (Å²) in [4.78, 5) is 4.11. The van der Waals surface area contributed by atoms with Gasteiger partial charge < -0.3 is 0 Å². The van der Waals surface area contributed by atoms with Gasteiger partial charge in [-0.05, 0) is 59.3 Å². The minimum Gasteiger partial charge on any atom is -0.298 e. The van der Waals surface area contributed by atoms with Gasteiger partial charge in [0.15, 0.2) is 0 Å². The fourth-order valence-electron chi connectivity index (χ4n) is 2.40. The highest BCUT2D eigenvalue weighted by Crippen LogP contribution is 2.52. The first-order valence-electron chi connectivity index (χ1n) is 5.22. The summed E-state index contributed by atoms with van der Waals surface area (Å²) in [5, 5.41) is 0. The highest BCUT2D eigenvalue weighted by Gasteiger charge is 2.47. The van der Waals surface area contributed by atoms with Crippen molar-refractivity contribution in [3.05, 3.63) is 20.8 Å². The Bertz CT molecular complexity index is 343. The average Bonchev–Trinajstić information content (AvgIpc) is 2.58. The van der Waals surface area contributed by atoms with Gasteiger partial charge in [0.1, 0.15) is 0 Å². The Morgan fingerprint density at radius 3 is 2.79 bits per heavy atom. The van der Waals surface area contributed by atoms with E-state index in [0.717, 1.165) is 12.0 Å². The lowest BCUT2D eigenvalue weighted by molar-refractivity contribution is 0.315. The molecule has 1 aromatic heterocycles. The van der Waals surface area contributed by atoms with Crippen molar-refractivity contribution < 1.29 is 0 Å². The number of hydrogen-bond donors (Lipinski definition) is 0. The minimum atomic E-state index is 0.772. The molecule has 0 amide bonds. The van der Waals surface area contributed by atoms with Crippen molar-refractivity contribution in [1.29, 1.82) is 0 Å². The Morgan fingerprint density at radius 1 is 1.36 bits per heavy atom. The molecule has 1 saturated carbocycles. The van der Waals surface area contributed by atoms with Crippen molar-refractivity contribution in [1.82, 2.24) is 4.90 Å². The summed E-state index contributed by atoms with van der Waals surface area (Å²) >= 11 is 5.39. The third-order valence-electron chi connectivity index (χ3n) is 3.48. The van der Waals surface area contributed by atoms with E-state index in [0.29, 0.717) is 0 Å². The van der Waals surface area contributed by atoms with Crippen LogP contribution in [-0.4, -0.2) is 18.0 Å². The van der Waals surface area contributed by atoms with Gasteiger partial charge in [-0.3, -0.25) is 4.90 Å². The van der Waals surface area contributed by atoms with Crippen LogP contribution in [0, 0.1) is 5.41 Å². The van der Waals surface area contributed by atoms with Gasteiger partial charge in [0.05, 0.1) is 3.79 Å². The number of halogens is 1. The van der Waals surface area contributed by atoms with Crippen molar-refractivity contribution in [3.8, 4) is 0 Å². The molecule has 0 N–H and O–H groups in total. The van der Waals surface area contributed by atoms with Gasteiger partial charge in [-0.2, -0.15) is 0 Å². The van der Waals surface area contributed by atoms with Gasteiger partial charge in [-0.1, -0.05) is 0 Å². The second kappa shape index (κ2) is 3.32. The van der Waals surface area contributed by atoms with E-state index in [1.807, 2.05) is 11.3 Å². The smallest absolute Gasteiger partial charge is 0.0701 e. The number of thiophene rings is 1. The summed E-state index contributed by atoms with van der Waals surface area (Å²) < 4.78 is 1.26. The largest absolute Gasteiger partial charge is 0.298 e. The van der Waals surface area contributed by atoms with Gasteiger partial charge in [-0.15, -0.1) is 11.3 Å². The van der Waals surface area contributed by atoms with E-state index in [1.54, 1.807) is 0 Å². The number of rotatable bonds is 2. The van der Waals surface area contributed by atoms with Crippen LogP contribution in [0.5, 0.6) is 0 Å². The van der Waals surface area contributed by atoms with Crippen LogP contribution in [0.15, 0.2) is 15.9 Å². The zero-order chi connectivity index (χ0) is 9.60. The predicted molar refractivity (Wildman–Crippen MR) is 63.6 cm³/mol. The molecule has 14 heavy (non-hydrogen) atoms. The molecule has 1 nitrogen and oxygen atoms in total. The van der Waals surface area contributed by atoms with Gasteiger partial charge >= 0.3 is 0 Å². The van der Waals surface area contributed by atoms with Crippen molar-refractivity contribution in [2.24, 2.45) is 5.41 Å². The second-order valence-corrected chi connectivity index (χ2v) is 7.21. The van der Waals surface area contributed by atoms with E-state index < -0.39 is 0 Å². The number of nitrogens with zero attached hydrogens (tertiary/aromatic N) is 1. The highest BCUT2D eigenvalue weighted by molar-refractivity contribution is 9.11. The summed E-state index contributed by atoms with van der Waals surface area (Å²) in [6.07, 6.45) is 4.41. The lowest BCUT2D eigenvalue weighted by Gasteiger charge is -2.13. The fourth-order valence-corrected chi connectivity index (χ4v) is 3.93. The molecule has 0 radical (unpaired) electrons. The quantitative estimate of drug-likeness (QED) is 0.796. The number of likely N-dealkylation sites (tertiary alicyclic amines) is 1. The molecule has 1 spiro atoms. The number of hydrogen-bond acceptors (Lipinski definition) is 2. The third-order valence-corrected chi connectivity index (χ3v) is 5.09. The maximum Gasteiger partial charge on any atom is 0.0701 e. The average molecular weight is 272 g/mol. The molecule has 1 aliphatic heterocycles. The Labute approximate surface area is 97.2 Å². The van der Waals surface area contributed by atoms with Crippen molar-refractivity contribution >= 4 is 27.3 Å². The van der Waals surface area contributed by atoms with Crippen molar-refractivity contribution in [2.75, 3.05) is 13.1 Å². The molecule has 3 heteroatoms. The second-order valence-electron chi connectivity index (χ2n) is 4.67. The zero-order valence-electron chi connectivity index (χ0n) is 8.13. The first kappa shape index (κ1) is 9.37. The molecule has 0 atom stereocenters. The molecule has 2 aliphatic rings. The van der Waals surface area contributed by atoms with Crippen LogP contribution in [0.4, 0.5) is 0 Å². The molecular formula is C11H14BrNS. The Balaban J connectivity index is 1.63. The Morgan fingerprint density at radius 2 is 2.21 bits per heavy atom. The standard InChI is InChI=1S/C11H14BrNS/c12-10-2-1-9(14-10)7-13-6-5-11(8-13)3-4-11/h1-2H,3-8H2. The van der Waals surface area contributed by atoms with Crippen LogP contribution in [0.3, 0.4) is 0 Å². The molecule has 1 aromatic rings. The van der Waals surface area contributed by atoms with Crippen molar-refractivity contribution in [3.63, 3.8) is 0 Å². The molecule has 0 unspecified atom stereocenters. The van der Waals surface area contributed by atoms with Crippen LogP contribution in [0.2, 0.25) is 0 Å². The zero-order valence-corrected chi connectivity index (χ0v) is 10.5. The van der Waals surface area contributed by atoms with Crippen LogP contribution in [0.1, 0.15) is 24.1 Å². The summed E-state index contributed by atoms with van der Waals surface area (Å²) in [6.45, 7) is 3.83. The van der Waals surface area contributed by atoms with Gasteiger partial charge in [-0.25, -0.2) is 0 Å². The molecule has 1 saturated heterocycles. The summed E-state index contributed by atoms with van der Waals surface area (Å²) in [7, 11) is 0. The van der Waals surface area contributed by atoms with Gasteiger partial charge in [0, 0.05) is 18.0 Å². The molecule has 0 bridgehead atoms. The molecular weight excluding hydrogens is 258 g/mol. The van der Waals surface area contributed by atoms with Crippen LogP contribution in [0.25, 0.3) is 0 Å². The van der Waals surface area contributed by atoms with E-state index in [9.17, 15) is 0 Å². The van der Waals surface area contributed by atoms with Gasteiger partial charge in [0.25, 0.3) is 0 Å². The van der Waals surface area contributed by atoms with Crippen LogP contribution in [-0.2, 0) is 6.54 Å². The maximum atomic E-state index is 3.52. The van der Waals surface area contributed by atoms with E-state index in [1.165, 1.54) is 41.0 Å². The molecule has 1 aliphatic carbocycles. The maximum absolute atomic E-state index is 3.52. The first-order valence-corrected chi connectivity index (χ1v) is 6.83. The lowest BCUT2D eigenvalue weighted by Crippen LogP contribution is -2.19. The van der Waals surface area contributed by atoms with Crippen molar-refractivity contribution in [2.45, 2.75) is 25.8 Å². The van der Waals surface area contributed by atoms with Crippen LogP contribution < -0.4 is 0 Å². The fraction of sp³-hybridized carbons (Fsp3) is 0.636. The lowest BCUT2D eigenvalue weighted by atomic mass is 10.1. The highest BCUT2D eigenvalue weighted by atomic mass is 79.9. The summed E-state index contributed by atoms with van der Waals surface area (Å²) in [5.41, 5.74) is 0.772. The Kier molecular flexibility index (Phi) is 2.22. The molecule has 76 valence electrons. The van der Waals surface area contributed by atoms with E-state index in [4.69, 9.17) is 0 Å². The molecule has 3 rings (SSSR count). The first-order chi connectivity index (χ1) is 6.76. The predicted octanol–water partition coefficient (Wildman–Crippen LogP) is 3.50. The molecule has 2 fully saturated rings. The third kappa shape index (κ3) is 1.77. The SMILES string of the molecule is Brc1ccc(CN2CCC3(CC3)C2)s1. The van der Waals surface area contributed by atoms with Crippen LogP contribution >= 0.6 is 27.3 Å². The molecule has 2 heterocycles. The molecule has 0 aromatic carbocycles. The monoisotopic (exact) mass is 271 g/mol. The summed E-state index contributed by atoms with van der Waals surface area (Å²) in [5.74, 6) is 0. The van der Waals surface area contributed by atoms with E-state index in [-0.39, 0.29) is 0 Å². The Hall–Kier alpha value is 0.140. The van der Waals surface area contributed by atoms with Gasteiger partial charge in [0.2, 0.25) is 0 Å². The summed E-state index contributed by atoms with van der Waals surface area (Å²) in [6, 6.07) is 4.40. The normalized spacial score (nSPS) is 24.6. The minimum absolute atomic E-state index is 0.772. The van der Waals surface area contributed by atoms with E-state index in [2.05, 4.69) is 33.0 Å². The topological polar surface area (TPSA) is 3.24 Å².